The Labute approximate surface area is 126 Å². The van der Waals surface area contributed by atoms with Gasteiger partial charge in [-0.15, -0.1) is 0 Å². The Hall–Kier alpha value is -1.65. The van der Waals surface area contributed by atoms with Gasteiger partial charge in [0.1, 0.15) is 11.5 Å². The zero-order valence-electron chi connectivity index (χ0n) is 12.7. The third kappa shape index (κ3) is 3.93. The second kappa shape index (κ2) is 6.87. The second-order valence-electron chi connectivity index (χ2n) is 5.64. The summed E-state index contributed by atoms with van der Waals surface area (Å²) >= 11 is 0. The summed E-state index contributed by atoms with van der Waals surface area (Å²) < 4.78 is 5.79. The van der Waals surface area contributed by atoms with Crippen molar-refractivity contribution in [2.75, 3.05) is 26.2 Å². The average Bonchev–Trinajstić information content (AvgIpc) is 2.98. The zero-order valence-corrected chi connectivity index (χ0v) is 12.7. The molecule has 2 aromatic heterocycles. The van der Waals surface area contributed by atoms with E-state index in [1.165, 1.54) is 5.56 Å². The van der Waals surface area contributed by atoms with Gasteiger partial charge in [-0.2, -0.15) is 0 Å². The minimum absolute atomic E-state index is 0.931. The molecule has 112 valence electrons. The average molecular weight is 285 g/mol. The number of aromatic nitrogens is 1. The fraction of sp³-hybridized carbons (Fsp3) is 0.471. The highest BCUT2D eigenvalue weighted by atomic mass is 16.3. The molecule has 0 aromatic carbocycles. The lowest BCUT2D eigenvalue weighted by molar-refractivity contribution is 0.115. The number of furan rings is 1. The van der Waals surface area contributed by atoms with E-state index in [2.05, 4.69) is 39.9 Å². The molecular weight excluding hydrogens is 262 g/mol. The van der Waals surface area contributed by atoms with Gasteiger partial charge >= 0.3 is 0 Å². The van der Waals surface area contributed by atoms with Gasteiger partial charge in [-0.05, 0) is 23.8 Å². The smallest absolute Gasteiger partial charge is 0.118 e. The van der Waals surface area contributed by atoms with E-state index in [9.17, 15) is 0 Å². The van der Waals surface area contributed by atoms with Gasteiger partial charge in [-0.1, -0.05) is 13.0 Å². The molecule has 0 saturated carbocycles. The highest BCUT2D eigenvalue weighted by molar-refractivity contribution is 5.09. The first-order chi connectivity index (χ1) is 10.3. The molecule has 0 spiro atoms. The third-order valence-electron chi connectivity index (χ3n) is 4.04. The van der Waals surface area contributed by atoms with Crippen molar-refractivity contribution in [2.45, 2.75) is 26.4 Å². The Morgan fingerprint density at radius 2 is 1.71 bits per heavy atom. The maximum Gasteiger partial charge on any atom is 0.118 e. The first kappa shape index (κ1) is 14.3. The molecule has 2 aromatic rings. The van der Waals surface area contributed by atoms with Gasteiger partial charge < -0.3 is 4.42 Å². The van der Waals surface area contributed by atoms with Crippen LogP contribution in [0.5, 0.6) is 0 Å². The summed E-state index contributed by atoms with van der Waals surface area (Å²) in [5.41, 5.74) is 1.30. The van der Waals surface area contributed by atoms with Crippen molar-refractivity contribution in [2.24, 2.45) is 0 Å². The van der Waals surface area contributed by atoms with E-state index in [4.69, 9.17) is 4.42 Å². The van der Waals surface area contributed by atoms with Gasteiger partial charge in [0, 0.05) is 51.5 Å². The lowest BCUT2D eigenvalue weighted by Crippen LogP contribution is -2.45. The molecule has 1 fully saturated rings. The normalized spacial score (nSPS) is 17.2. The van der Waals surface area contributed by atoms with Crippen molar-refractivity contribution in [3.63, 3.8) is 0 Å². The van der Waals surface area contributed by atoms with Gasteiger partial charge in [-0.3, -0.25) is 14.8 Å². The Balaban J connectivity index is 1.46. The molecule has 0 atom stereocenters. The third-order valence-corrected chi connectivity index (χ3v) is 4.04. The molecule has 3 rings (SSSR count). The maximum absolute atomic E-state index is 5.79. The summed E-state index contributed by atoms with van der Waals surface area (Å²) in [6.07, 6.45) is 4.76. The zero-order chi connectivity index (χ0) is 14.5. The van der Waals surface area contributed by atoms with Gasteiger partial charge in [0.15, 0.2) is 0 Å². The van der Waals surface area contributed by atoms with Crippen LogP contribution in [-0.4, -0.2) is 41.0 Å². The van der Waals surface area contributed by atoms with Crippen molar-refractivity contribution < 1.29 is 4.42 Å². The molecule has 3 heterocycles. The first-order valence-corrected chi connectivity index (χ1v) is 7.74. The predicted octanol–water partition coefficient (Wildman–Crippen LogP) is 2.55. The van der Waals surface area contributed by atoms with E-state index in [0.29, 0.717) is 0 Å². The highest BCUT2D eigenvalue weighted by Crippen LogP contribution is 2.14. The quantitative estimate of drug-likeness (QED) is 0.845. The lowest BCUT2D eigenvalue weighted by atomic mass is 10.2. The van der Waals surface area contributed by atoms with Crippen LogP contribution >= 0.6 is 0 Å². The van der Waals surface area contributed by atoms with E-state index in [1.54, 1.807) is 0 Å². The van der Waals surface area contributed by atoms with Crippen LogP contribution in [0.25, 0.3) is 0 Å². The summed E-state index contributed by atoms with van der Waals surface area (Å²) in [6, 6.07) is 8.36. The van der Waals surface area contributed by atoms with E-state index < -0.39 is 0 Å². The highest BCUT2D eigenvalue weighted by Gasteiger charge is 2.18. The lowest BCUT2D eigenvalue weighted by Gasteiger charge is -2.34. The summed E-state index contributed by atoms with van der Waals surface area (Å²) in [6.45, 7) is 8.47. The molecule has 0 unspecified atom stereocenters. The van der Waals surface area contributed by atoms with Gasteiger partial charge in [0.2, 0.25) is 0 Å². The molecule has 4 nitrogen and oxygen atoms in total. The molecule has 0 aliphatic carbocycles. The van der Waals surface area contributed by atoms with E-state index in [0.717, 1.165) is 57.2 Å². The molecule has 0 amide bonds. The van der Waals surface area contributed by atoms with Crippen LogP contribution in [0.15, 0.2) is 41.1 Å². The fourth-order valence-corrected chi connectivity index (χ4v) is 2.77. The minimum Gasteiger partial charge on any atom is -0.465 e. The van der Waals surface area contributed by atoms with Crippen LogP contribution < -0.4 is 0 Å². The van der Waals surface area contributed by atoms with Crippen molar-refractivity contribution >= 4 is 0 Å². The van der Waals surface area contributed by atoms with Crippen LogP contribution in [0.4, 0.5) is 0 Å². The predicted molar refractivity (Wildman–Crippen MR) is 82.9 cm³/mol. The van der Waals surface area contributed by atoms with Crippen LogP contribution in [0.3, 0.4) is 0 Å². The summed E-state index contributed by atoms with van der Waals surface area (Å²) in [4.78, 5) is 9.15. The summed E-state index contributed by atoms with van der Waals surface area (Å²) in [7, 11) is 0. The largest absolute Gasteiger partial charge is 0.465 e. The summed E-state index contributed by atoms with van der Waals surface area (Å²) in [5.74, 6) is 2.17. The number of hydrogen-bond donors (Lipinski definition) is 0. The van der Waals surface area contributed by atoms with Crippen molar-refractivity contribution in [1.82, 2.24) is 14.8 Å². The van der Waals surface area contributed by atoms with Crippen molar-refractivity contribution in [1.29, 1.82) is 0 Å². The Morgan fingerprint density at radius 1 is 1.00 bits per heavy atom. The molecule has 1 aliphatic rings. The monoisotopic (exact) mass is 285 g/mol. The van der Waals surface area contributed by atoms with Gasteiger partial charge in [0.25, 0.3) is 0 Å². The number of rotatable bonds is 5. The Kier molecular flexibility index (Phi) is 4.68. The van der Waals surface area contributed by atoms with Gasteiger partial charge in [0.05, 0.1) is 6.54 Å². The molecule has 0 N–H and O–H groups in total. The van der Waals surface area contributed by atoms with E-state index in [1.807, 2.05) is 18.5 Å². The molecule has 0 radical (unpaired) electrons. The van der Waals surface area contributed by atoms with E-state index in [-0.39, 0.29) is 0 Å². The molecule has 1 saturated heterocycles. The van der Waals surface area contributed by atoms with Gasteiger partial charge in [-0.25, -0.2) is 0 Å². The Morgan fingerprint density at radius 3 is 2.33 bits per heavy atom. The van der Waals surface area contributed by atoms with Crippen molar-refractivity contribution in [3.8, 4) is 0 Å². The molecule has 4 heteroatoms. The number of hydrogen-bond acceptors (Lipinski definition) is 4. The minimum atomic E-state index is 0.931. The van der Waals surface area contributed by atoms with Crippen LogP contribution in [0.1, 0.15) is 24.0 Å². The first-order valence-electron chi connectivity index (χ1n) is 7.74. The molecule has 1 aliphatic heterocycles. The number of nitrogens with zero attached hydrogens (tertiary/aromatic N) is 3. The number of piperazine rings is 1. The number of aryl methyl sites for hydroxylation is 1. The summed E-state index contributed by atoms with van der Waals surface area (Å²) in [5, 5.41) is 0. The topological polar surface area (TPSA) is 32.5 Å². The van der Waals surface area contributed by atoms with Crippen LogP contribution in [-0.2, 0) is 19.5 Å². The maximum atomic E-state index is 5.79. The standard InChI is InChI=1S/C17H23N3O/c1-2-16-5-6-17(21-16)14-20-10-8-19(9-11-20)13-15-4-3-7-18-12-15/h3-7,12H,2,8-11,13-14H2,1H3. The SMILES string of the molecule is CCc1ccc(CN2CCN(Cc3cccnc3)CC2)o1. The van der Waals surface area contributed by atoms with Crippen molar-refractivity contribution in [3.05, 3.63) is 53.7 Å². The molecule has 21 heavy (non-hydrogen) atoms. The van der Waals surface area contributed by atoms with Crippen LogP contribution in [0, 0.1) is 0 Å². The second-order valence-corrected chi connectivity index (χ2v) is 5.64. The molecule has 0 bridgehead atoms. The number of pyridine rings is 1. The molecular formula is C17H23N3O. The van der Waals surface area contributed by atoms with Crippen LogP contribution in [0.2, 0.25) is 0 Å². The van der Waals surface area contributed by atoms with E-state index >= 15 is 0 Å². The Bertz CT molecular complexity index is 544. The fourth-order valence-electron chi connectivity index (χ4n) is 2.77.